The number of nitrogen functional groups attached to an aromatic ring is 1. The van der Waals surface area contributed by atoms with Gasteiger partial charge in [-0.3, -0.25) is 0 Å². The van der Waals surface area contributed by atoms with Gasteiger partial charge in [-0.1, -0.05) is 0 Å². The summed E-state index contributed by atoms with van der Waals surface area (Å²) < 4.78 is 26.5. The van der Waals surface area contributed by atoms with E-state index in [2.05, 4.69) is 0 Å². The van der Waals surface area contributed by atoms with E-state index in [1.54, 1.807) is 19.2 Å². The third-order valence-electron chi connectivity index (χ3n) is 2.51. The highest BCUT2D eigenvalue weighted by Gasteiger charge is 2.01. The molecule has 0 fully saturated rings. The molecule has 0 radical (unpaired) electrons. The van der Waals surface area contributed by atoms with Gasteiger partial charge in [0.2, 0.25) is 0 Å². The van der Waals surface area contributed by atoms with Crippen molar-refractivity contribution in [3.8, 4) is 11.5 Å². The maximum atomic E-state index is 5.78. The van der Waals surface area contributed by atoms with E-state index in [0.717, 1.165) is 0 Å². The molecule has 0 aliphatic carbocycles. The van der Waals surface area contributed by atoms with Crippen molar-refractivity contribution in [1.82, 2.24) is 0 Å². The molecule has 1 aromatic rings. The molecule has 120 valence electrons. The summed E-state index contributed by atoms with van der Waals surface area (Å²) in [6.45, 7) is 5.73. The van der Waals surface area contributed by atoms with Gasteiger partial charge in [-0.15, -0.1) is 0 Å². The van der Waals surface area contributed by atoms with Crippen LogP contribution in [0.15, 0.2) is 18.2 Å². The number of ether oxygens (including phenoxy) is 5. The minimum absolute atomic E-state index is 0.451. The van der Waals surface area contributed by atoms with E-state index in [0.29, 0.717) is 63.4 Å². The van der Waals surface area contributed by atoms with E-state index in [1.165, 1.54) is 0 Å². The van der Waals surface area contributed by atoms with Gasteiger partial charge in [0.1, 0.15) is 18.1 Å². The number of hydrogen-bond acceptors (Lipinski definition) is 6. The normalized spacial score (nSPS) is 10.6. The summed E-state index contributed by atoms with van der Waals surface area (Å²) in [5.41, 5.74) is 6.40. The lowest BCUT2D eigenvalue weighted by atomic mass is 10.3. The molecule has 0 heterocycles. The Hall–Kier alpha value is -1.50. The van der Waals surface area contributed by atoms with Crippen LogP contribution in [-0.4, -0.2) is 53.4 Å². The zero-order valence-electron chi connectivity index (χ0n) is 12.8. The fourth-order valence-corrected chi connectivity index (χ4v) is 1.61. The third kappa shape index (κ3) is 8.39. The monoisotopic (exact) mass is 299 g/mol. The molecule has 0 spiro atoms. The average molecular weight is 299 g/mol. The van der Waals surface area contributed by atoms with Crippen LogP contribution in [0, 0.1) is 0 Å². The Labute approximate surface area is 126 Å². The number of benzene rings is 1. The lowest BCUT2D eigenvalue weighted by Crippen LogP contribution is -2.12. The second kappa shape index (κ2) is 11.2. The lowest BCUT2D eigenvalue weighted by molar-refractivity contribution is 0.0179. The molecule has 0 saturated heterocycles. The SMILES string of the molecule is CCOc1cc(N)cc(OCCOCCOCCOC)c1. The number of methoxy groups -OCH3 is 1. The van der Waals surface area contributed by atoms with E-state index < -0.39 is 0 Å². The van der Waals surface area contributed by atoms with E-state index in [1.807, 2.05) is 13.0 Å². The Balaban J connectivity index is 2.12. The quantitative estimate of drug-likeness (QED) is 0.468. The van der Waals surface area contributed by atoms with Crippen molar-refractivity contribution in [3.05, 3.63) is 18.2 Å². The van der Waals surface area contributed by atoms with Crippen LogP contribution in [0.1, 0.15) is 6.92 Å². The molecule has 0 aliphatic heterocycles. The lowest BCUT2D eigenvalue weighted by Gasteiger charge is -2.10. The van der Waals surface area contributed by atoms with E-state index in [-0.39, 0.29) is 0 Å². The van der Waals surface area contributed by atoms with Crippen molar-refractivity contribution in [2.75, 3.05) is 59.1 Å². The smallest absolute Gasteiger partial charge is 0.125 e. The maximum absolute atomic E-state index is 5.78. The fourth-order valence-electron chi connectivity index (χ4n) is 1.61. The van der Waals surface area contributed by atoms with Gasteiger partial charge in [-0.05, 0) is 6.92 Å². The van der Waals surface area contributed by atoms with Crippen LogP contribution in [0.3, 0.4) is 0 Å². The van der Waals surface area contributed by atoms with Crippen LogP contribution < -0.4 is 15.2 Å². The summed E-state index contributed by atoms with van der Waals surface area (Å²) in [4.78, 5) is 0. The van der Waals surface area contributed by atoms with Crippen LogP contribution in [0.4, 0.5) is 5.69 Å². The standard InChI is InChI=1S/C15H25NO5/c1-3-20-14-10-13(16)11-15(12-14)21-9-8-19-7-6-18-5-4-17-2/h10-12H,3-9,16H2,1-2H3. The highest BCUT2D eigenvalue weighted by Crippen LogP contribution is 2.24. The predicted octanol–water partition coefficient (Wildman–Crippen LogP) is 1.73. The van der Waals surface area contributed by atoms with Gasteiger partial charge in [0, 0.05) is 31.0 Å². The van der Waals surface area contributed by atoms with Gasteiger partial charge in [0.25, 0.3) is 0 Å². The highest BCUT2D eigenvalue weighted by molar-refractivity contribution is 5.50. The summed E-state index contributed by atoms with van der Waals surface area (Å²) in [6, 6.07) is 5.34. The Morgan fingerprint density at radius 1 is 0.810 bits per heavy atom. The second-order valence-corrected chi connectivity index (χ2v) is 4.24. The zero-order chi connectivity index (χ0) is 15.3. The van der Waals surface area contributed by atoms with Gasteiger partial charge in [-0.25, -0.2) is 0 Å². The van der Waals surface area contributed by atoms with Gasteiger partial charge in [0.05, 0.1) is 39.6 Å². The van der Waals surface area contributed by atoms with Gasteiger partial charge in [-0.2, -0.15) is 0 Å². The molecule has 0 aromatic heterocycles. The van der Waals surface area contributed by atoms with E-state index in [4.69, 9.17) is 29.4 Å². The highest BCUT2D eigenvalue weighted by atomic mass is 16.6. The maximum Gasteiger partial charge on any atom is 0.125 e. The summed E-state index contributed by atoms with van der Waals surface area (Å²) in [5, 5.41) is 0. The fraction of sp³-hybridized carbons (Fsp3) is 0.600. The molecule has 1 aromatic carbocycles. The van der Waals surface area contributed by atoms with Crippen molar-refractivity contribution in [3.63, 3.8) is 0 Å². The third-order valence-corrected chi connectivity index (χ3v) is 2.51. The average Bonchev–Trinajstić information content (AvgIpc) is 2.45. The van der Waals surface area contributed by atoms with Crippen molar-refractivity contribution in [1.29, 1.82) is 0 Å². The first-order chi connectivity index (χ1) is 10.3. The van der Waals surface area contributed by atoms with Crippen LogP contribution in [-0.2, 0) is 14.2 Å². The van der Waals surface area contributed by atoms with Crippen molar-refractivity contribution in [2.45, 2.75) is 6.92 Å². The minimum Gasteiger partial charge on any atom is -0.494 e. The van der Waals surface area contributed by atoms with Crippen LogP contribution in [0.2, 0.25) is 0 Å². The first-order valence-corrected chi connectivity index (χ1v) is 7.07. The number of anilines is 1. The molecule has 2 N–H and O–H groups in total. The minimum atomic E-state index is 0.451. The summed E-state index contributed by atoms with van der Waals surface area (Å²) in [5.74, 6) is 1.39. The molecular formula is C15H25NO5. The summed E-state index contributed by atoms with van der Waals surface area (Å²) in [7, 11) is 1.64. The van der Waals surface area contributed by atoms with Crippen LogP contribution in [0.25, 0.3) is 0 Å². The Morgan fingerprint density at radius 2 is 1.38 bits per heavy atom. The Kier molecular flexibility index (Phi) is 9.35. The molecule has 0 saturated carbocycles. The number of hydrogen-bond donors (Lipinski definition) is 1. The van der Waals surface area contributed by atoms with Crippen molar-refractivity contribution < 1.29 is 23.7 Å². The zero-order valence-corrected chi connectivity index (χ0v) is 12.8. The predicted molar refractivity (Wildman–Crippen MR) is 81.0 cm³/mol. The molecule has 0 aliphatic rings. The van der Waals surface area contributed by atoms with E-state index in [9.17, 15) is 0 Å². The number of rotatable bonds is 12. The number of nitrogens with two attached hydrogens (primary N) is 1. The van der Waals surface area contributed by atoms with Crippen LogP contribution >= 0.6 is 0 Å². The molecule has 6 heteroatoms. The first-order valence-electron chi connectivity index (χ1n) is 7.07. The first kappa shape index (κ1) is 17.6. The van der Waals surface area contributed by atoms with Crippen LogP contribution in [0.5, 0.6) is 11.5 Å². The molecular weight excluding hydrogens is 274 g/mol. The molecule has 21 heavy (non-hydrogen) atoms. The molecule has 6 nitrogen and oxygen atoms in total. The summed E-state index contributed by atoms with van der Waals surface area (Å²) in [6.07, 6.45) is 0. The molecule has 0 atom stereocenters. The molecule has 1 rings (SSSR count). The van der Waals surface area contributed by atoms with E-state index >= 15 is 0 Å². The second-order valence-electron chi connectivity index (χ2n) is 4.24. The van der Waals surface area contributed by atoms with Crippen molar-refractivity contribution >= 4 is 5.69 Å². The molecule has 0 unspecified atom stereocenters. The van der Waals surface area contributed by atoms with Gasteiger partial charge < -0.3 is 29.4 Å². The molecule has 0 amide bonds. The molecule has 0 bridgehead atoms. The largest absolute Gasteiger partial charge is 0.494 e. The van der Waals surface area contributed by atoms with Crippen molar-refractivity contribution in [2.24, 2.45) is 0 Å². The summed E-state index contributed by atoms with van der Waals surface area (Å²) >= 11 is 0. The van der Waals surface area contributed by atoms with Gasteiger partial charge in [0.15, 0.2) is 0 Å². The van der Waals surface area contributed by atoms with Gasteiger partial charge >= 0.3 is 0 Å². The topological polar surface area (TPSA) is 72.2 Å². The Bertz CT molecular complexity index is 386. The Morgan fingerprint density at radius 3 is 2.00 bits per heavy atom.